The van der Waals surface area contributed by atoms with E-state index in [0.29, 0.717) is 24.3 Å². The van der Waals surface area contributed by atoms with Crippen LogP contribution in [0.25, 0.3) is 0 Å². The van der Waals surface area contributed by atoms with Crippen LogP contribution < -0.4 is 0 Å². The van der Waals surface area contributed by atoms with Gasteiger partial charge in [0.05, 0.1) is 24.3 Å². The molecular formula is C32H50O5. The summed E-state index contributed by atoms with van der Waals surface area (Å²) in [6.45, 7) is 5.17. The Morgan fingerprint density at radius 1 is 0.514 bits per heavy atom. The fourth-order valence-corrected chi connectivity index (χ4v) is 3.47. The van der Waals surface area contributed by atoms with Crippen molar-refractivity contribution < 1.29 is 23.8 Å². The SMILES string of the molecule is CCCCCCCCOC(=O)c1ccccc1C(=O)OCCCCCCCC.COC.c1ccccc1. The van der Waals surface area contributed by atoms with Crippen molar-refractivity contribution >= 4 is 11.9 Å². The second kappa shape index (κ2) is 26.4. The summed E-state index contributed by atoms with van der Waals surface area (Å²) in [6.07, 6.45) is 13.6. The van der Waals surface area contributed by atoms with Crippen LogP contribution in [-0.2, 0) is 14.2 Å². The van der Waals surface area contributed by atoms with Gasteiger partial charge in [0, 0.05) is 14.2 Å². The van der Waals surface area contributed by atoms with Gasteiger partial charge in [-0.1, -0.05) is 127 Å². The normalized spacial score (nSPS) is 9.84. The molecule has 37 heavy (non-hydrogen) atoms. The molecule has 0 heterocycles. The summed E-state index contributed by atoms with van der Waals surface area (Å²) in [5, 5.41) is 0. The highest BCUT2D eigenvalue weighted by Crippen LogP contribution is 2.14. The molecule has 0 aromatic heterocycles. The minimum Gasteiger partial charge on any atom is -0.462 e. The Labute approximate surface area is 225 Å². The van der Waals surface area contributed by atoms with E-state index in [9.17, 15) is 9.59 Å². The van der Waals surface area contributed by atoms with Crippen LogP contribution >= 0.6 is 0 Å². The smallest absolute Gasteiger partial charge is 0.339 e. The molecule has 0 radical (unpaired) electrons. The first-order valence-corrected chi connectivity index (χ1v) is 14.0. The summed E-state index contributed by atoms with van der Waals surface area (Å²) in [6, 6.07) is 18.7. The van der Waals surface area contributed by atoms with Crippen LogP contribution in [0.15, 0.2) is 60.7 Å². The molecule has 0 spiro atoms. The zero-order valence-electron chi connectivity index (χ0n) is 23.7. The molecule has 0 aliphatic heterocycles. The predicted molar refractivity (Wildman–Crippen MR) is 153 cm³/mol. The molecule has 0 unspecified atom stereocenters. The van der Waals surface area contributed by atoms with Gasteiger partial charge in [-0.3, -0.25) is 0 Å². The van der Waals surface area contributed by atoms with Crippen LogP contribution in [0, 0.1) is 0 Å². The molecule has 0 bridgehead atoms. The maximum atomic E-state index is 12.4. The van der Waals surface area contributed by atoms with Crippen molar-refractivity contribution in [1.29, 1.82) is 0 Å². The molecule has 2 aromatic carbocycles. The highest BCUT2D eigenvalue weighted by molar-refractivity contribution is 6.03. The number of benzene rings is 2. The second-order valence-electron chi connectivity index (χ2n) is 8.92. The molecule has 2 rings (SSSR count). The molecule has 0 saturated carbocycles. The lowest BCUT2D eigenvalue weighted by atomic mass is 10.1. The van der Waals surface area contributed by atoms with Gasteiger partial charge in [0.1, 0.15) is 0 Å². The van der Waals surface area contributed by atoms with Crippen molar-refractivity contribution in [1.82, 2.24) is 0 Å². The third-order valence-electron chi connectivity index (χ3n) is 5.50. The van der Waals surface area contributed by atoms with E-state index < -0.39 is 11.9 Å². The minimum absolute atomic E-state index is 0.293. The van der Waals surface area contributed by atoms with Crippen LogP contribution in [0.2, 0.25) is 0 Å². The van der Waals surface area contributed by atoms with Gasteiger partial charge in [0.15, 0.2) is 0 Å². The number of ether oxygens (including phenoxy) is 3. The first-order chi connectivity index (χ1) is 18.1. The van der Waals surface area contributed by atoms with Crippen LogP contribution in [0.5, 0.6) is 0 Å². The van der Waals surface area contributed by atoms with Gasteiger partial charge in [-0.25, -0.2) is 9.59 Å². The van der Waals surface area contributed by atoms with Gasteiger partial charge < -0.3 is 14.2 Å². The summed E-state index contributed by atoms with van der Waals surface area (Å²) < 4.78 is 15.0. The summed E-state index contributed by atoms with van der Waals surface area (Å²) in [7, 11) is 3.25. The van der Waals surface area contributed by atoms with E-state index in [1.807, 2.05) is 36.4 Å². The molecule has 2 aromatic rings. The highest BCUT2D eigenvalue weighted by Gasteiger charge is 2.18. The number of carbonyl (C=O) groups is 2. The number of rotatable bonds is 16. The molecule has 0 aliphatic carbocycles. The molecular weight excluding hydrogens is 464 g/mol. The molecule has 208 valence electrons. The van der Waals surface area contributed by atoms with E-state index in [-0.39, 0.29) is 0 Å². The number of carbonyl (C=O) groups excluding carboxylic acids is 2. The van der Waals surface area contributed by atoms with E-state index in [0.717, 1.165) is 25.7 Å². The molecule has 5 nitrogen and oxygen atoms in total. The van der Waals surface area contributed by atoms with E-state index in [4.69, 9.17) is 9.47 Å². The van der Waals surface area contributed by atoms with Gasteiger partial charge in [-0.15, -0.1) is 0 Å². The average molecular weight is 515 g/mol. The lowest BCUT2D eigenvalue weighted by Crippen LogP contribution is -2.15. The first-order valence-electron chi connectivity index (χ1n) is 14.0. The Balaban J connectivity index is 0.00000121. The molecule has 0 fully saturated rings. The number of hydrogen-bond acceptors (Lipinski definition) is 5. The summed E-state index contributed by atoms with van der Waals surface area (Å²) in [5.41, 5.74) is 0.586. The van der Waals surface area contributed by atoms with Gasteiger partial charge >= 0.3 is 11.9 Å². The standard InChI is InChI=1S/C24H38O4.C6H6.C2H6O/c1-3-5-7-9-11-15-19-27-23(25)21-17-13-14-18-22(21)24(26)28-20-16-12-10-8-6-4-2;1-2-4-6-5-3-1;1-3-2/h13-14,17-18H,3-12,15-16,19-20H2,1-2H3;1-6H;1-2H3. The number of methoxy groups -OCH3 is 1. The lowest BCUT2D eigenvalue weighted by molar-refractivity contribution is 0.0450. The van der Waals surface area contributed by atoms with Crippen molar-refractivity contribution in [2.24, 2.45) is 0 Å². The number of unbranched alkanes of at least 4 members (excludes halogenated alkanes) is 10. The van der Waals surface area contributed by atoms with Gasteiger partial charge in [0.25, 0.3) is 0 Å². The van der Waals surface area contributed by atoms with Gasteiger partial charge in [-0.2, -0.15) is 0 Å². The lowest BCUT2D eigenvalue weighted by Gasteiger charge is -2.10. The second-order valence-corrected chi connectivity index (χ2v) is 8.92. The summed E-state index contributed by atoms with van der Waals surface area (Å²) >= 11 is 0. The molecule has 0 saturated heterocycles. The fraction of sp³-hybridized carbons (Fsp3) is 0.562. The van der Waals surface area contributed by atoms with E-state index in [1.165, 1.54) is 51.4 Å². The molecule has 0 atom stereocenters. The third-order valence-corrected chi connectivity index (χ3v) is 5.50. The van der Waals surface area contributed by atoms with Crippen molar-refractivity contribution in [3.8, 4) is 0 Å². The quantitative estimate of drug-likeness (QED) is 0.166. The maximum absolute atomic E-state index is 12.4. The predicted octanol–water partition coefficient (Wildman–Crippen LogP) is 8.67. The van der Waals surface area contributed by atoms with E-state index >= 15 is 0 Å². The van der Waals surface area contributed by atoms with Crippen molar-refractivity contribution in [2.45, 2.75) is 90.9 Å². The van der Waals surface area contributed by atoms with Crippen molar-refractivity contribution in [2.75, 3.05) is 27.4 Å². The maximum Gasteiger partial charge on any atom is 0.339 e. The molecule has 0 aliphatic rings. The number of hydrogen-bond donors (Lipinski definition) is 0. The Kier molecular flexibility index (Phi) is 24.5. The third kappa shape index (κ3) is 20.1. The monoisotopic (exact) mass is 514 g/mol. The number of esters is 2. The average Bonchev–Trinajstić information content (AvgIpc) is 2.93. The van der Waals surface area contributed by atoms with Crippen LogP contribution in [-0.4, -0.2) is 39.4 Å². The van der Waals surface area contributed by atoms with Gasteiger partial charge in [-0.05, 0) is 25.0 Å². The Hall–Kier alpha value is -2.66. The Morgan fingerprint density at radius 2 is 0.811 bits per heavy atom. The largest absolute Gasteiger partial charge is 0.462 e. The summed E-state index contributed by atoms with van der Waals surface area (Å²) in [4.78, 5) is 24.7. The Morgan fingerprint density at radius 3 is 1.14 bits per heavy atom. The first kappa shape index (κ1) is 34.3. The zero-order valence-corrected chi connectivity index (χ0v) is 23.7. The molecule has 5 heteroatoms. The van der Waals surface area contributed by atoms with Crippen molar-refractivity contribution in [3.05, 3.63) is 71.8 Å². The topological polar surface area (TPSA) is 61.8 Å². The van der Waals surface area contributed by atoms with Gasteiger partial charge in [0.2, 0.25) is 0 Å². The van der Waals surface area contributed by atoms with E-state index in [1.54, 1.807) is 38.5 Å². The zero-order chi connectivity index (χ0) is 27.4. The minimum atomic E-state index is -0.444. The fourth-order valence-electron chi connectivity index (χ4n) is 3.47. The summed E-state index contributed by atoms with van der Waals surface area (Å²) in [5.74, 6) is -0.888. The molecule has 0 amide bonds. The Bertz CT molecular complexity index is 700. The van der Waals surface area contributed by atoms with Crippen molar-refractivity contribution in [3.63, 3.8) is 0 Å². The van der Waals surface area contributed by atoms with Crippen LogP contribution in [0.3, 0.4) is 0 Å². The van der Waals surface area contributed by atoms with Crippen LogP contribution in [0.1, 0.15) is 112 Å². The highest BCUT2D eigenvalue weighted by atomic mass is 16.5. The molecule has 0 N–H and O–H groups in total. The van der Waals surface area contributed by atoms with Crippen LogP contribution in [0.4, 0.5) is 0 Å². The van der Waals surface area contributed by atoms with E-state index in [2.05, 4.69) is 18.6 Å².